The van der Waals surface area contributed by atoms with Gasteiger partial charge in [-0.05, 0) is 18.1 Å². The van der Waals surface area contributed by atoms with E-state index >= 15 is 0 Å². The summed E-state index contributed by atoms with van der Waals surface area (Å²) >= 11 is 0. The molecule has 0 saturated heterocycles. The van der Waals surface area contributed by atoms with Crippen LogP contribution in [0.5, 0.6) is 5.75 Å². The maximum Gasteiger partial charge on any atom is 0.296 e. The minimum atomic E-state index is -4.70. The lowest BCUT2D eigenvalue weighted by molar-refractivity contribution is 0.461. The molecule has 2 rings (SSSR count). The van der Waals surface area contributed by atoms with E-state index in [0.29, 0.717) is 0 Å². The Hall–Kier alpha value is -2.02. The summed E-state index contributed by atoms with van der Waals surface area (Å²) in [4.78, 5) is -0.629. The Morgan fingerprint density at radius 2 is 1.75 bits per heavy atom. The van der Waals surface area contributed by atoms with Crippen LogP contribution in [-0.2, 0) is 26.7 Å². The topological polar surface area (TPSA) is 179 Å². The lowest BCUT2D eigenvalue weighted by Gasteiger charge is -2.28. The first-order valence-corrected chi connectivity index (χ1v) is 9.56. The van der Waals surface area contributed by atoms with Gasteiger partial charge in [0.05, 0.1) is 17.1 Å². The van der Waals surface area contributed by atoms with E-state index in [1.165, 1.54) is 14.1 Å². The Morgan fingerprint density at radius 3 is 2.17 bits per heavy atom. The number of benzene rings is 1. The van der Waals surface area contributed by atoms with Crippen LogP contribution in [0.4, 0.5) is 5.69 Å². The summed E-state index contributed by atoms with van der Waals surface area (Å²) in [5, 5.41) is 13.9. The fourth-order valence-corrected chi connectivity index (χ4v) is 4.44. The third kappa shape index (κ3) is 2.88. The Morgan fingerprint density at radius 1 is 1.17 bits per heavy atom. The Labute approximate surface area is 138 Å². The average molecular weight is 379 g/mol. The molecule has 1 atom stereocenters. The van der Waals surface area contributed by atoms with Crippen LogP contribution in [0.15, 0.2) is 16.7 Å². The highest BCUT2D eigenvalue weighted by molar-refractivity contribution is 7.86. The second-order valence-electron chi connectivity index (χ2n) is 5.14. The van der Waals surface area contributed by atoms with Gasteiger partial charge in [-0.1, -0.05) is 0 Å². The van der Waals surface area contributed by atoms with Gasteiger partial charge in [0.15, 0.2) is 0 Å². The van der Waals surface area contributed by atoms with Gasteiger partial charge < -0.3 is 21.5 Å². The molecule has 0 spiro atoms. The second-order valence-corrected chi connectivity index (χ2v) is 8.13. The van der Waals surface area contributed by atoms with Crippen LogP contribution in [0, 0.1) is 0 Å². The van der Waals surface area contributed by atoms with Gasteiger partial charge >= 0.3 is 0 Å². The van der Waals surface area contributed by atoms with Crippen LogP contribution in [0.1, 0.15) is 11.1 Å². The maximum atomic E-state index is 11.6. The molecule has 1 aliphatic rings. The highest BCUT2D eigenvalue weighted by Crippen LogP contribution is 2.43. The molecule has 0 aliphatic heterocycles. The van der Waals surface area contributed by atoms with Gasteiger partial charge in [0.1, 0.15) is 15.9 Å². The van der Waals surface area contributed by atoms with Crippen molar-refractivity contribution in [2.75, 3.05) is 19.4 Å². The summed E-state index contributed by atoms with van der Waals surface area (Å²) in [6, 6.07) is 1.01. The summed E-state index contributed by atoms with van der Waals surface area (Å²) in [5.74, 6) is -0.554. The minimum Gasteiger partial charge on any atom is -0.505 e. The van der Waals surface area contributed by atoms with Gasteiger partial charge in [0.2, 0.25) is 0 Å². The molecule has 7 N–H and O–H groups in total. The molecule has 0 fully saturated rings. The number of hydrogen-bond donors (Lipinski definition) is 6. The molecule has 1 aromatic rings. The lowest BCUT2D eigenvalue weighted by atomic mass is 9.91. The zero-order valence-corrected chi connectivity index (χ0v) is 14.4. The number of phenolic OH excluding ortho intramolecular Hbond substituents is 1. The van der Waals surface area contributed by atoms with Crippen molar-refractivity contribution in [1.82, 2.24) is 5.32 Å². The number of fused-ring (bicyclic) bond motifs is 1. The van der Waals surface area contributed by atoms with Gasteiger partial charge in [-0.25, -0.2) is 0 Å². The molecule has 0 bridgehead atoms. The van der Waals surface area contributed by atoms with Crippen molar-refractivity contribution in [2.45, 2.75) is 16.6 Å². The van der Waals surface area contributed by atoms with Crippen molar-refractivity contribution in [2.24, 2.45) is 5.73 Å². The monoisotopic (exact) mass is 379 g/mol. The van der Waals surface area contributed by atoms with Gasteiger partial charge in [-0.2, -0.15) is 16.8 Å². The highest BCUT2D eigenvalue weighted by Gasteiger charge is 2.37. The molecule has 24 heavy (non-hydrogen) atoms. The molecule has 0 amide bonds. The Kier molecular flexibility index (Phi) is 4.43. The molecule has 1 unspecified atom stereocenters. The fourth-order valence-electron chi connectivity index (χ4n) is 2.76. The van der Waals surface area contributed by atoms with Crippen LogP contribution < -0.4 is 16.4 Å². The smallest absolute Gasteiger partial charge is 0.296 e. The first-order chi connectivity index (χ1) is 10.9. The van der Waals surface area contributed by atoms with E-state index in [1.807, 2.05) is 0 Å². The van der Waals surface area contributed by atoms with E-state index in [-0.39, 0.29) is 34.6 Å². The van der Waals surface area contributed by atoms with Crippen molar-refractivity contribution in [3.63, 3.8) is 0 Å². The number of nitrogens with two attached hydrogens (primary N) is 1. The van der Waals surface area contributed by atoms with Crippen molar-refractivity contribution in [1.29, 1.82) is 0 Å². The fraction of sp³-hybridized carbons (Fsp3) is 0.333. The van der Waals surface area contributed by atoms with Crippen molar-refractivity contribution < 1.29 is 31.0 Å². The number of rotatable bonds is 4. The van der Waals surface area contributed by atoms with Gasteiger partial charge in [-0.15, -0.1) is 0 Å². The zero-order valence-electron chi connectivity index (χ0n) is 12.7. The van der Waals surface area contributed by atoms with Crippen LogP contribution >= 0.6 is 0 Å². The lowest BCUT2D eigenvalue weighted by Crippen LogP contribution is -2.36. The molecule has 1 aliphatic carbocycles. The normalized spacial score (nSPS) is 18.2. The molecular weight excluding hydrogens is 362 g/mol. The maximum absolute atomic E-state index is 11.6. The van der Waals surface area contributed by atoms with Crippen molar-refractivity contribution in [3.05, 3.63) is 22.9 Å². The van der Waals surface area contributed by atoms with E-state index in [9.17, 15) is 31.0 Å². The summed E-state index contributed by atoms with van der Waals surface area (Å²) in [5.41, 5.74) is 5.53. The van der Waals surface area contributed by atoms with Gasteiger partial charge in [0.25, 0.3) is 20.2 Å². The van der Waals surface area contributed by atoms with Crippen molar-refractivity contribution >= 4 is 31.6 Å². The van der Waals surface area contributed by atoms with E-state index in [4.69, 9.17) is 5.73 Å². The molecule has 0 saturated carbocycles. The number of anilines is 1. The van der Waals surface area contributed by atoms with E-state index < -0.39 is 36.1 Å². The molecule has 10 nitrogen and oxygen atoms in total. The van der Waals surface area contributed by atoms with E-state index in [1.54, 1.807) is 0 Å². The summed E-state index contributed by atoms with van der Waals surface area (Å²) in [6.07, 6.45) is -0.342. The van der Waals surface area contributed by atoms with Crippen LogP contribution in [-0.4, -0.2) is 50.4 Å². The van der Waals surface area contributed by atoms with Crippen molar-refractivity contribution in [3.8, 4) is 5.75 Å². The number of aromatic hydroxyl groups is 1. The van der Waals surface area contributed by atoms with Crippen LogP contribution in [0.2, 0.25) is 0 Å². The molecule has 0 heterocycles. The van der Waals surface area contributed by atoms with Gasteiger partial charge in [-0.3, -0.25) is 9.11 Å². The SMILES string of the molecule is CNC1=C(N)c2c(cc(S(=O)(=O)O)c(NC)c2O)CC1S(=O)(=O)O. The second kappa shape index (κ2) is 5.81. The van der Waals surface area contributed by atoms with Crippen LogP contribution in [0.25, 0.3) is 5.70 Å². The van der Waals surface area contributed by atoms with E-state index in [0.717, 1.165) is 6.07 Å². The predicted octanol–water partition coefficient (Wildman–Crippen LogP) is -0.660. The van der Waals surface area contributed by atoms with Gasteiger partial charge in [0, 0.05) is 19.7 Å². The number of hydrogen-bond acceptors (Lipinski definition) is 8. The highest BCUT2D eigenvalue weighted by atomic mass is 32.2. The third-order valence-electron chi connectivity index (χ3n) is 3.79. The van der Waals surface area contributed by atoms with E-state index in [2.05, 4.69) is 10.6 Å². The zero-order chi connectivity index (χ0) is 18.4. The quantitative estimate of drug-likeness (QED) is 0.290. The summed E-state index contributed by atoms with van der Waals surface area (Å²) in [7, 11) is -6.52. The third-order valence-corrected chi connectivity index (χ3v) is 5.79. The predicted molar refractivity (Wildman–Crippen MR) is 86.7 cm³/mol. The Balaban J connectivity index is 2.89. The minimum absolute atomic E-state index is 0.0241. The molecule has 0 aromatic heterocycles. The summed E-state index contributed by atoms with van der Waals surface area (Å²) in [6.45, 7) is 0. The molecule has 1 aromatic carbocycles. The number of nitrogens with one attached hydrogen (secondary N) is 2. The molecule has 134 valence electrons. The molecule has 12 heteroatoms. The first-order valence-electron chi connectivity index (χ1n) is 6.61. The first kappa shape index (κ1) is 18.3. The standard InChI is InChI=1S/C12H17N3O7S2/c1-14-10-6(23(17,18)19)3-5-4-7(24(20,21)22)11(15-2)12(16)8(5)9(10)13/h4,6,14-16H,3,13H2,1-2H3,(H,17,18,19)(H,20,21,22). The number of phenols is 1. The Bertz CT molecular complexity index is 936. The molecule has 0 radical (unpaired) electrons. The summed E-state index contributed by atoms with van der Waals surface area (Å²) < 4.78 is 64.9. The molecular formula is C12H17N3O7S2. The van der Waals surface area contributed by atoms with Crippen LogP contribution in [0.3, 0.4) is 0 Å². The largest absolute Gasteiger partial charge is 0.505 e. The average Bonchev–Trinajstić information content (AvgIpc) is 2.44.